The van der Waals surface area contributed by atoms with E-state index in [1.165, 1.54) is 12.4 Å². The van der Waals surface area contributed by atoms with E-state index in [9.17, 15) is 8.42 Å². The molecule has 0 aliphatic carbocycles. The summed E-state index contributed by atoms with van der Waals surface area (Å²) >= 11 is 5.87. The van der Waals surface area contributed by atoms with Crippen molar-refractivity contribution in [3.05, 3.63) is 35.1 Å². The van der Waals surface area contributed by atoms with Gasteiger partial charge in [0.15, 0.2) is 0 Å². The number of hydrogen-bond donors (Lipinski definition) is 2. The van der Waals surface area contributed by atoms with Crippen LogP contribution in [0.2, 0.25) is 5.02 Å². The van der Waals surface area contributed by atoms with Crippen LogP contribution in [0.3, 0.4) is 0 Å². The van der Waals surface area contributed by atoms with Crippen molar-refractivity contribution < 1.29 is 8.42 Å². The maximum Gasteiger partial charge on any atom is 0.264 e. The van der Waals surface area contributed by atoms with Crippen molar-refractivity contribution in [2.75, 3.05) is 4.72 Å². The Balaban J connectivity index is 2.42. The molecule has 0 unspecified atom stereocenters. The Hall–Kier alpha value is -1.60. The summed E-state index contributed by atoms with van der Waals surface area (Å²) in [5.41, 5.74) is 0.487. The predicted molar refractivity (Wildman–Crippen MR) is 63.4 cm³/mol. The lowest BCUT2D eigenvalue weighted by Crippen LogP contribution is -2.15. The lowest BCUT2D eigenvalue weighted by atomic mass is 10.2. The molecule has 0 amide bonds. The molecule has 0 radical (unpaired) electrons. The van der Waals surface area contributed by atoms with Gasteiger partial charge in [0.25, 0.3) is 10.0 Å². The third-order valence-corrected chi connectivity index (χ3v) is 4.05. The van der Waals surface area contributed by atoms with E-state index >= 15 is 0 Å². The number of hydrogen-bond acceptors (Lipinski definition) is 4. The van der Waals surface area contributed by atoms with Crippen LogP contribution < -0.4 is 4.72 Å². The van der Waals surface area contributed by atoms with Gasteiger partial charge in [-0.05, 0) is 24.6 Å². The molecule has 0 saturated carbocycles. The van der Waals surface area contributed by atoms with Crippen LogP contribution in [0.4, 0.5) is 5.95 Å². The van der Waals surface area contributed by atoms with Crippen molar-refractivity contribution in [3.63, 3.8) is 0 Å². The van der Waals surface area contributed by atoms with Gasteiger partial charge >= 0.3 is 0 Å². The van der Waals surface area contributed by atoms with E-state index in [4.69, 9.17) is 11.6 Å². The van der Waals surface area contributed by atoms with Gasteiger partial charge in [0.2, 0.25) is 5.95 Å². The van der Waals surface area contributed by atoms with Crippen molar-refractivity contribution in [1.82, 2.24) is 15.2 Å². The van der Waals surface area contributed by atoms with Crippen molar-refractivity contribution >= 4 is 27.6 Å². The number of anilines is 1. The first-order chi connectivity index (χ1) is 8.00. The van der Waals surface area contributed by atoms with Gasteiger partial charge in [0, 0.05) is 5.02 Å². The predicted octanol–water partition coefficient (Wildman–Crippen LogP) is 1.57. The third kappa shape index (κ3) is 2.40. The molecule has 0 spiro atoms. The lowest BCUT2D eigenvalue weighted by molar-refractivity contribution is 0.600. The zero-order valence-corrected chi connectivity index (χ0v) is 10.4. The molecule has 0 bridgehead atoms. The zero-order valence-electron chi connectivity index (χ0n) is 8.81. The topological polar surface area (TPSA) is 87.7 Å². The molecule has 0 saturated heterocycles. The minimum atomic E-state index is -3.70. The highest BCUT2D eigenvalue weighted by molar-refractivity contribution is 7.92. The number of aromatic amines is 1. The van der Waals surface area contributed by atoms with Crippen LogP contribution >= 0.6 is 11.6 Å². The van der Waals surface area contributed by atoms with E-state index in [-0.39, 0.29) is 10.8 Å². The van der Waals surface area contributed by atoms with E-state index < -0.39 is 10.0 Å². The molecule has 1 heterocycles. The summed E-state index contributed by atoms with van der Waals surface area (Å²) < 4.78 is 26.3. The van der Waals surface area contributed by atoms with Crippen LogP contribution in [0.1, 0.15) is 5.56 Å². The second-order valence-electron chi connectivity index (χ2n) is 3.30. The fraction of sp³-hybridized carbons (Fsp3) is 0.111. The number of sulfonamides is 1. The average Bonchev–Trinajstić information content (AvgIpc) is 2.73. The smallest absolute Gasteiger partial charge is 0.248 e. The molecule has 17 heavy (non-hydrogen) atoms. The maximum atomic E-state index is 12.0. The van der Waals surface area contributed by atoms with Gasteiger partial charge in [-0.3, -0.25) is 0 Å². The van der Waals surface area contributed by atoms with Crippen LogP contribution in [0.5, 0.6) is 0 Å². The van der Waals surface area contributed by atoms with Crippen LogP contribution in [-0.4, -0.2) is 23.6 Å². The highest BCUT2D eigenvalue weighted by Crippen LogP contribution is 2.23. The normalized spacial score (nSPS) is 11.4. The van der Waals surface area contributed by atoms with Crippen LogP contribution in [0, 0.1) is 6.92 Å². The second kappa shape index (κ2) is 4.34. The van der Waals surface area contributed by atoms with E-state index in [1.54, 1.807) is 19.1 Å². The van der Waals surface area contributed by atoms with Crippen molar-refractivity contribution in [1.29, 1.82) is 0 Å². The Bertz CT molecular complexity index is 624. The molecule has 1 aromatic carbocycles. The first kappa shape index (κ1) is 11.9. The Morgan fingerprint density at radius 3 is 2.82 bits per heavy atom. The maximum absolute atomic E-state index is 12.0. The average molecular weight is 273 g/mol. The molecule has 6 nitrogen and oxygen atoms in total. The Labute approximate surface area is 103 Å². The second-order valence-corrected chi connectivity index (χ2v) is 5.36. The summed E-state index contributed by atoms with van der Waals surface area (Å²) in [6.07, 6.45) is 1.21. The van der Waals surface area contributed by atoms with E-state index in [0.717, 1.165) is 0 Å². The molecule has 2 rings (SSSR count). The standard InChI is InChI=1S/C9H9ClN4O2S/c1-6-7(10)3-2-4-8(6)17(15,16)14-9-11-5-12-13-9/h2-5H,1H3,(H2,11,12,13,14). The summed E-state index contributed by atoms with van der Waals surface area (Å²) in [5, 5.41) is 6.36. The molecule has 0 atom stereocenters. The third-order valence-electron chi connectivity index (χ3n) is 2.15. The van der Waals surface area contributed by atoms with Crippen molar-refractivity contribution in [3.8, 4) is 0 Å². The first-order valence-corrected chi connectivity index (χ1v) is 6.50. The SMILES string of the molecule is Cc1c(Cl)cccc1S(=O)(=O)Nc1ncn[nH]1. The Morgan fingerprint density at radius 1 is 1.41 bits per heavy atom. The fourth-order valence-electron chi connectivity index (χ4n) is 1.32. The first-order valence-electron chi connectivity index (χ1n) is 4.64. The molecule has 2 N–H and O–H groups in total. The zero-order chi connectivity index (χ0) is 12.5. The Morgan fingerprint density at radius 2 is 2.18 bits per heavy atom. The molecule has 1 aromatic heterocycles. The highest BCUT2D eigenvalue weighted by atomic mass is 35.5. The van der Waals surface area contributed by atoms with Crippen molar-refractivity contribution in [2.24, 2.45) is 0 Å². The minimum absolute atomic E-state index is 0.0596. The minimum Gasteiger partial charge on any atom is -0.248 e. The quantitative estimate of drug-likeness (QED) is 0.888. The van der Waals surface area contributed by atoms with Gasteiger partial charge in [-0.25, -0.2) is 18.2 Å². The summed E-state index contributed by atoms with van der Waals surface area (Å²) in [5.74, 6) is 0.0596. The van der Waals surface area contributed by atoms with Gasteiger partial charge in [0.1, 0.15) is 6.33 Å². The number of aromatic nitrogens is 3. The summed E-state index contributed by atoms with van der Waals surface area (Å²) in [4.78, 5) is 3.80. The molecular weight excluding hydrogens is 264 g/mol. The van der Waals surface area contributed by atoms with Crippen LogP contribution in [0.25, 0.3) is 0 Å². The molecule has 0 aliphatic rings. The largest absolute Gasteiger partial charge is 0.264 e. The summed E-state index contributed by atoms with van der Waals surface area (Å²) in [6, 6.07) is 4.68. The number of nitrogens with zero attached hydrogens (tertiary/aromatic N) is 2. The van der Waals surface area contributed by atoms with Crippen molar-refractivity contribution in [2.45, 2.75) is 11.8 Å². The van der Waals surface area contributed by atoms with Crippen LogP contribution in [-0.2, 0) is 10.0 Å². The van der Waals surface area contributed by atoms with Crippen LogP contribution in [0.15, 0.2) is 29.4 Å². The Kier molecular flexibility index (Phi) is 3.03. The highest BCUT2D eigenvalue weighted by Gasteiger charge is 2.19. The number of H-pyrrole nitrogens is 1. The van der Waals surface area contributed by atoms with E-state index in [2.05, 4.69) is 19.9 Å². The van der Waals surface area contributed by atoms with Gasteiger partial charge in [0.05, 0.1) is 4.90 Å². The summed E-state index contributed by atoms with van der Waals surface area (Å²) in [6.45, 7) is 1.64. The number of benzene rings is 1. The number of halogens is 1. The van der Waals surface area contributed by atoms with E-state index in [0.29, 0.717) is 10.6 Å². The molecule has 0 aliphatic heterocycles. The fourth-order valence-corrected chi connectivity index (χ4v) is 2.78. The monoisotopic (exact) mass is 272 g/mol. The molecule has 8 heteroatoms. The number of nitrogens with one attached hydrogen (secondary N) is 2. The molecule has 90 valence electrons. The molecule has 0 fully saturated rings. The van der Waals surface area contributed by atoms with Gasteiger partial charge in [-0.2, -0.15) is 10.1 Å². The molecular formula is C9H9ClN4O2S. The number of rotatable bonds is 3. The molecule has 2 aromatic rings. The van der Waals surface area contributed by atoms with E-state index in [1.807, 2.05) is 0 Å². The van der Waals surface area contributed by atoms with Gasteiger partial charge in [-0.15, -0.1) is 0 Å². The van der Waals surface area contributed by atoms with Gasteiger partial charge < -0.3 is 0 Å². The lowest BCUT2D eigenvalue weighted by Gasteiger charge is -2.08. The summed E-state index contributed by atoms with van der Waals surface area (Å²) in [7, 11) is -3.70. The van der Waals surface area contributed by atoms with Gasteiger partial charge in [-0.1, -0.05) is 17.7 Å².